The molecule has 1 amide bonds. The maximum absolute atomic E-state index is 12.9. The molecule has 0 radical (unpaired) electrons. The number of hydrogen-bond donors (Lipinski definition) is 2. The third kappa shape index (κ3) is 5.65. The summed E-state index contributed by atoms with van der Waals surface area (Å²) < 4.78 is 13.8. The molecule has 0 spiro atoms. The Hall–Kier alpha value is -2.75. The fourth-order valence-corrected chi connectivity index (χ4v) is 4.78. The maximum Gasteiger partial charge on any atom is 0.255 e. The summed E-state index contributed by atoms with van der Waals surface area (Å²) in [4.78, 5) is 22.1. The Morgan fingerprint density at radius 2 is 2.12 bits per heavy atom. The number of aryl methyl sites for hydroxylation is 1. The summed E-state index contributed by atoms with van der Waals surface area (Å²) >= 11 is 0. The van der Waals surface area contributed by atoms with Crippen molar-refractivity contribution in [2.75, 3.05) is 6.61 Å². The average molecular weight is 482 g/mol. The molecule has 1 aliphatic carbocycles. The first-order valence-electron chi connectivity index (χ1n) is 11.9. The van der Waals surface area contributed by atoms with Gasteiger partial charge in [-0.3, -0.25) is 4.79 Å². The molecule has 0 fully saturated rings. The van der Waals surface area contributed by atoms with Crippen LogP contribution in [-0.4, -0.2) is 41.2 Å². The monoisotopic (exact) mass is 481 g/mol. The van der Waals surface area contributed by atoms with Crippen LogP contribution in [0, 0.1) is 0 Å². The number of nitrogens with zero attached hydrogens (tertiary/aromatic N) is 3. The lowest BCUT2D eigenvalue weighted by Crippen LogP contribution is -2.30. The lowest BCUT2D eigenvalue weighted by atomic mass is 10.1. The summed E-state index contributed by atoms with van der Waals surface area (Å²) in [6, 6.07) is 7.06. The number of nitrogens with one attached hydrogen (secondary N) is 1. The van der Waals surface area contributed by atoms with Gasteiger partial charge in [-0.05, 0) is 56.0 Å². The van der Waals surface area contributed by atoms with Crippen molar-refractivity contribution in [2.24, 2.45) is 5.73 Å². The number of benzene rings is 1. The van der Waals surface area contributed by atoms with Gasteiger partial charge in [-0.25, -0.2) is 9.97 Å². The van der Waals surface area contributed by atoms with Gasteiger partial charge in [-0.2, -0.15) is 0 Å². The fraction of sp³-hybridized carbons (Fsp3) is 0.480. The number of fused-ring (bicyclic) bond motifs is 2. The molecule has 0 unspecified atom stereocenters. The molecular weight excluding hydrogens is 446 g/mol. The van der Waals surface area contributed by atoms with Gasteiger partial charge in [0, 0.05) is 33.0 Å². The smallest absolute Gasteiger partial charge is 0.255 e. The van der Waals surface area contributed by atoms with Crippen LogP contribution in [0.1, 0.15) is 47.8 Å². The van der Waals surface area contributed by atoms with Gasteiger partial charge < -0.3 is 25.1 Å². The Balaban J connectivity index is 1.60. The quantitative estimate of drug-likeness (QED) is 0.341. The number of rotatable bonds is 9. The van der Waals surface area contributed by atoms with Crippen molar-refractivity contribution in [3.8, 4) is 11.6 Å². The van der Waals surface area contributed by atoms with Crippen molar-refractivity contribution in [1.29, 1.82) is 0 Å². The number of carbonyl (C=O) groups excluding carboxylic acids is 1. The molecule has 1 aromatic carbocycles. The molecule has 182 valence electrons. The van der Waals surface area contributed by atoms with Gasteiger partial charge in [0.1, 0.15) is 18.0 Å². The fourth-order valence-electron chi connectivity index (χ4n) is 4.03. The molecule has 3 aromatic rings. The van der Waals surface area contributed by atoms with Crippen LogP contribution in [-0.2, 0) is 17.9 Å². The average Bonchev–Trinajstić information content (AvgIpc) is 3.30. The SMILES string of the molecule is CC(C)NC(=O)c1cn(COCC[Si](C)(C)C)c2ncc(Oc3ccc4c(c3)[C@H](N)CC4)nc12. The molecule has 0 saturated heterocycles. The molecular formula is C25H35N5O3Si. The van der Waals surface area contributed by atoms with Crippen LogP contribution in [0.5, 0.6) is 11.6 Å². The van der Waals surface area contributed by atoms with E-state index in [4.69, 9.17) is 15.2 Å². The first kappa shape index (κ1) is 24.4. The van der Waals surface area contributed by atoms with Gasteiger partial charge in [0.05, 0.1) is 11.8 Å². The summed E-state index contributed by atoms with van der Waals surface area (Å²) in [7, 11) is -1.19. The highest BCUT2D eigenvalue weighted by Crippen LogP contribution is 2.33. The van der Waals surface area contributed by atoms with Gasteiger partial charge in [-0.1, -0.05) is 25.7 Å². The summed E-state index contributed by atoms with van der Waals surface area (Å²) in [5, 5.41) is 2.94. The van der Waals surface area contributed by atoms with Crippen LogP contribution >= 0.6 is 0 Å². The lowest BCUT2D eigenvalue weighted by molar-refractivity contribution is 0.0890. The van der Waals surface area contributed by atoms with E-state index in [0.717, 1.165) is 24.4 Å². The minimum Gasteiger partial charge on any atom is -0.437 e. The maximum atomic E-state index is 12.9. The number of carbonyl (C=O) groups is 1. The number of amides is 1. The predicted octanol–water partition coefficient (Wildman–Crippen LogP) is 4.62. The van der Waals surface area contributed by atoms with E-state index in [2.05, 4.69) is 41.0 Å². The first-order valence-corrected chi connectivity index (χ1v) is 15.6. The third-order valence-corrected chi connectivity index (χ3v) is 7.60. The number of nitrogens with two attached hydrogens (primary N) is 1. The zero-order valence-corrected chi connectivity index (χ0v) is 21.7. The zero-order valence-electron chi connectivity index (χ0n) is 20.7. The molecule has 9 heteroatoms. The molecule has 1 atom stereocenters. The van der Waals surface area contributed by atoms with Crippen molar-refractivity contribution in [3.63, 3.8) is 0 Å². The Morgan fingerprint density at radius 1 is 1.32 bits per heavy atom. The molecule has 1 aliphatic rings. The van der Waals surface area contributed by atoms with Crippen LogP contribution in [0.2, 0.25) is 25.7 Å². The van der Waals surface area contributed by atoms with Gasteiger partial charge in [0.15, 0.2) is 5.65 Å². The lowest BCUT2D eigenvalue weighted by Gasteiger charge is -2.15. The molecule has 2 heterocycles. The first-order chi connectivity index (χ1) is 16.1. The van der Waals surface area contributed by atoms with Crippen molar-refractivity contribution >= 4 is 25.1 Å². The number of aromatic nitrogens is 3. The standard InChI is InChI=1S/C25H35N5O3Si/c1-16(2)28-25(31)20-14-30(15-32-10-11-34(3,4)5)24-23(20)29-22(13-27-24)33-18-8-6-17-7-9-21(26)19(17)12-18/h6,8,12-14,16,21H,7,9-11,15,26H2,1-5H3,(H,28,31)/t21-/m1/s1. The topological polar surface area (TPSA) is 104 Å². The van der Waals surface area contributed by atoms with Crippen LogP contribution in [0.3, 0.4) is 0 Å². The van der Waals surface area contributed by atoms with Crippen LogP contribution < -0.4 is 15.8 Å². The molecule has 0 aliphatic heterocycles. The summed E-state index contributed by atoms with van der Waals surface area (Å²) in [6.07, 6.45) is 5.28. The Labute approximate surface area is 201 Å². The molecule has 0 bridgehead atoms. The van der Waals surface area contributed by atoms with Crippen molar-refractivity contribution in [2.45, 2.75) is 71.2 Å². The Morgan fingerprint density at radius 3 is 2.85 bits per heavy atom. The van der Waals surface area contributed by atoms with Crippen molar-refractivity contribution < 1.29 is 14.3 Å². The van der Waals surface area contributed by atoms with Gasteiger partial charge in [0.2, 0.25) is 5.88 Å². The van der Waals surface area contributed by atoms with Crippen LogP contribution in [0.25, 0.3) is 11.2 Å². The highest BCUT2D eigenvalue weighted by Gasteiger charge is 2.22. The Bertz CT molecular complexity index is 1190. The summed E-state index contributed by atoms with van der Waals surface area (Å²) in [5.74, 6) is 0.790. The van der Waals surface area contributed by atoms with E-state index in [-0.39, 0.29) is 18.0 Å². The normalized spacial score (nSPS) is 15.7. The minimum atomic E-state index is -1.19. The molecule has 0 saturated carbocycles. The predicted molar refractivity (Wildman–Crippen MR) is 136 cm³/mol. The molecule has 2 aromatic heterocycles. The highest BCUT2D eigenvalue weighted by molar-refractivity contribution is 6.76. The van der Waals surface area contributed by atoms with E-state index in [1.54, 1.807) is 12.4 Å². The largest absolute Gasteiger partial charge is 0.437 e. The van der Waals surface area contributed by atoms with Crippen LogP contribution in [0.15, 0.2) is 30.6 Å². The van der Waals surface area contributed by atoms with E-state index in [1.807, 2.05) is 30.5 Å². The second-order valence-electron chi connectivity index (χ2n) is 10.5. The van der Waals surface area contributed by atoms with Crippen LogP contribution in [0.4, 0.5) is 0 Å². The number of hydrogen-bond acceptors (Lipinski definition) is 6. The second kappa shape index (κ2) is 9.85. The third-order valence-electron chi connectivity index (χ3n) is 5.90. The van der Waals surface area contributed by atoms with E-state index < -0.39 is 8.07 Å². The molecule has 4 rings (SSSR count). The molecule has 3 N–H and O–H groups in total. The van der Waals surface area contributed by atoms with E-state index in [0.29, 0.717) is 41.7 Å². The van der Waals surface area contributed by atoms with E-state index in [1.165, 1.54) is 5.56 Å². The van der Waals surface area contributed by atoms with Gasteiger partial charge in [0.25, 0.3) is 5.91 Å². The molecule has 8 nitrogen and oxygen atoms in total. The summed E-state index contributed by atoms with van der Waals surface area (Å²) in [5.41, 5.74) is 10.1. The minimum absolute atomic E-state index is 0.00177. The number of ether oxygens (including phenoxy) is 2. The second-order valence-corrected chi connectivity index (χ2v) is 16.1. The van der Waals surface area contributed by atoms with Gasteiger partial charge in [-0.15, -0.1) is 0 Å². The Kier molecular flexibility index (Phi) is 7.06. The van der Waals surface area contributed by atoms with Crippen molar-refractivity contribution in [3.05, 3.63) is 47.3 Å². The van der Waals surface area contributed by atoms with Gasteiger partial charge >= 0.3 is 0 Å². The molecule has 34 heavy (non-hydrogen) atoms. The van der Waals surface area contributed by atoms with E-state index in [9.17, 15) is 4.79 Å². The zero-order chi connectivity index (χ0) is 24.5. The highest BCUT2D eigenvalue weighted by atomic mass is 28.3. The van der Waals surface area contributed by atoms with Crippen molar-refractivity contribution in [1.82, 2.24) is 19.9 Å². The van der Waals surface area contributed by atoms with E-state index >= 15 is 0 Å². The summed E-state index contributed by atoms with van der Waals surface area (Å²) in [6.45, 7) is 11.8.